The SMILES string of the molecule is CC(=O)c1ccc(CN=[N+]=[N-])cn1. The zero-order valence-corrected chi connectivity index (χ0v) is 7.14. The third-order valence-corrected chi connectivity index (χ3v) is 1.50. The molecule has 1 heterocycles. The molecule has 0 saturated carbocycles. The van der Waals surface area contributed by atoms with Crippen LogP contribution in [0.25, 0.3) is 10.4 Å². The summed E-state index contributed by atoms with van der Waals surface area (Å²) in [6, 6.07) is 3.34. The average molecular weight is 176 g/mol. The van der Waals surface area contributed by atoms with Crippen molar-refractivity contribution in [2.75, 3.05) is 0 Å². The van der Waals surface area contributed by atoms with E-state index in [1.165, 1.54) is 13.1 Å². The first-order valence-electron chi connectivity index (χ1n) is 3.71. The highest BCUT2D eigenvalue weighted by atomic mass is 16.1. The Balaban J connectivity index is 2.80. The van der Waals surface area contributed by atoms with Crippen LogP contribution in [0.5, 0.6) is 0 Å². The lowest BCUT2D eigenvalue weighted by atomic mass is 10.2. The molecule has 0 N–H and O–H groups in total. The van der Waals surface area contributed by atoms with Crippen LogP contribution in [0.15, 0.2) is 23.4 Å². The van der Waals surface area contributed by atoms with Crippen LogP contribution in [0.1, 0.15) is 23.0 Å². The molecule has 0 aliphatic heterocycles. The maximum Gasteiger partial charge on any atom is 0.178 e. The third-order valence-electron chi connectivity index (χ3n) is 1.50. The van der Waals surface area contributed by atoms with Gasteiger partial charge in [0.1, 0.15) is 5.69 Å². The van der Waals surface area contributed by atoms with Gasteiger partial charge in [-0.25, -0.2) is 0 Å². The summed E-state index contributed by atoms with van der Waals surface area (Å²) in [5.74, 6) is -0.0738. The Hall–Kier alpha value is -1.87. The first-order valence-corrected chi connectivity index (χ1v) is 3.71. The Kier molecular flexibility index (Phi) is 3.00. The first kappa shape index (κ1) is 9.22. The smallest absolute Gasteiger partial charge is 0.178 e. The molecule has 0 aliphatic carbocycles. The van der Waals surface area contributed by atoms with E-state index in [4.69, 9.17) is 5.53 Å². The van der Waals surface area contributed by atoms with Gasteiger partial charge in [-0.3, -0.25) is 9.78 Å². The molecular formula is C8H8N4O. The standard InChI is InChI=1S/C8H8N4O/c1-6(13)8-3-2-7(4-10-8)5-11-12-9/h2-4H,5H2,1H3. The van der Waals surface area contributed by atoms with Crippen molar-refractivity contribution in [3.05, 3.63) is 40.0 Å². The van der Waals surface area contributed by atoms with Crippen molar-refractivity contribution in [1.29, 1.82) is 0 Å². The lowest BCUT2D eigenvalue weighted by Gasteiger charge is -1.96. The molecule has 0 amide bonds. The van der Waals surface area contributed by atoms with Crippen molar-refractivity contribution in [3.63, 3.8) is 0 Å². The van der Waals surface area contributed by atoms with E-state index >= 15 is 0 Å². The molecule has 0 atom stereocenters. The largest absolute Gasteiger partial charge is 0.293 e. The summed E-state index contributed by atoms with van der Waals surface area (Å²) in [4.78, 5) is 17.3. The second-order valence-corrected chi connectivity index (χ2v) is 2.50. The van der Waals surface area contributed by atoms with Crippen LogP contribution in [-0.2, 0) is 6.54 Å². The van der Waals surface area contributed by atoms with Crippen LogP contribution in [-0.4, -0.2) is 10.8 Å². The molecule has 0 spiro atoms. The number of hydrogen-bond donors (Lipinski definition) is 0. The highest BCUT2D eigenvalue weighted by molar-refractivity contribution is 5.91. The van der Waals surface area contributed by atoms with Gasteiger partial charge in [0.05, 0.1) is 6.54 Å². The summed E-state index contributed by atoms with van der Waals surface area (Å²) >= 11 is 0. The molecule has 0 saturated heterocycles. The summed E-state index contributed by atoms with van der Waals surface area (Å²) in [6.45, 7) is 1.72. The molecular weight excluding hydrogens is 168 g/mol. The molecule has 0 radical (unpaired) electrons. The monoisotopic (exact) mass is 176 g/mol. The van der Waals surface area contributed by atoms with Gasteiger partial charge in [-0.1, -0.05) is 11.2 Å². The van der Waals surface area contributed by atoms with E-state index in [0.717, 1.165) is 5.56 Å². The number of pyridine rings is 1. The molecule has 1 aromatic heterocycles. The van der Waals surface area contributed by atoms with Crippen LogP contribution in [0, 0.1) is 0 Å². The van der Waals surface area contributed by atoms with Crippen molar-refractivity contribution in [3.8, 4) is 0 Å². The van der Waals surface area contributed by atoms with Crippen molar-refractivity contribution in [2.24, 2.45) is 5.11 Å². The number of azide groups is 1. The second kappa shape index (κ2) is 4.23. The van der Waals surface area contributed by atoms with Crippen molar-refractivity contribution in [1.82, 2.24) is 4.98 Å². The summed E-state index contributed by atoms with van der Waals surface area (Å²) in [7, 11) is 0. The van der Waals surface area contributed by atoms with Gasteiger partial charge >= 0.3 is 0 Å². The number of hydrogen-bond acceptors (Lipinski definition) is 3. The molecule has 13 heavy (non-hydrogen) atoms. The maximum atomic E-state index is 10.8. The fourth-order valence-corrected chi connectivity index (χ4v) is 0.840. The van der Waals surface area contributed by atoms with Gasteiger partial charge in [0.2, 0.25) is 0 Å². The van der Waals surface area contributed by atoms with Crippen LogP contribution < -0.4 is 0 Å². The average Bonchev–Trinajstić information content (AvgIpc) is 2.15. The van der Waals surface area contributed by atoms with E-state index in [-0.39, 0.29) is 12.3 Å². The van der Waals surface area contributed by atoms with E-state index in [9.17, 15) is 4.79 Å². The molecule has 5 heteroatoms. The molecule has 0 aromatic carbocycles. The molecule has 0 bridgehead atoms. The van der Waals surface area contributed by atoms with Crippen LogP contribution in [0.4, 0.5) is 0 Å². The minimum absolute atomic E-state index is 0.0738. The highest BCUT2D eigenvalue weighted by Gasteiger charge is 1.99. The Labute approximate surface area is 75.0 Å². The quantitative estimate of drug-likeness (QED) is 0.306. The predicted molar refractivity (Wildman–Crippen MR) is 47.1 cm³/mol. The zero-order valence-electron chi connectivity index (χ0n) is 7.14. The van der Waals surface area contributed by atoms with E-state index in [1.54, 1.807) is 12.1 Å². The number of ketones is 1. The first-order chi connectivity index (χ1) is 6.24. The fourth-order valence-electron chi connectivity index (χ4n) is 0.840. The number of nitrogens with zero attached hydrogens (tertiary/aromatic N) is 4. The topological polar surface area (TPSA) is 78.7 Å². The maximum absolute atomic E-state index is 10.8. The molecule has 0 aliphatic rings. The molecule has 0 fully saturated rings. The van der Waals surface area contributed by atoms with Gasteiger partial charge in [0.15, 0.2) is 5.78 Å². The Morgan fingerprint density at radius 1 is 1.69 bits per heavy atom. The molecule has 1 aromatic rings. The number of aromatic nitrogens is 1. The number of Topliss-reactive ketones (excluding diaryl/α,β-unsaturated/α-hetero) is 1. The zero-order chi connectivity index (χ0) is 9.68. The molecule has 1 rings (SSSR count). The highest BCUT2D eigenvalue weighted by Crippen LogP contribution is 2.02. The van der Waals surface area contributed by atoms with Crippen molar-refractivity contribution >= 4 is 5.78 Å². The van der Waals surface area contributed by atoms with Gasteiger partial charge in [-0.15, -0.1) is 0 Å². The Bertz CT molecular complexity index is 351. The van der Waals surface area contributed by atoms with E-state index in [1.807, 2.05) is 0 Å². The third kappa shape index (κ3) is 2.57. The lowest BCUT2D eigenvalue weighted by molar-refractivity contribution is 0.101. The number of rotatable bonds is 3. The van der Waals surface area contributed by atoms with Gasteiger partial charge < -0.3 is 0 Å². The van der Waals surface area contributed by atoms with E-state index < -0.39 is 0 Å². The van der Waals surface area contributed by atoms with Crippen LogP contribution in [0.2, 0.25) is 0 Å². The second-order valence-electron chi connectivity index (χ2n) is 2.50. The summed E-state index contributed by atoms with van der Waals surface area (Å²) in [5.41, 5.74) is 9.27. The molecule has 0 unspecified atom stereocenters. The molecule has 5 nitrogen and oxygen atoms in total. The number of carbonyl (C=O) groups excluding carboxylic acids is 1. The lowest BCUT2D eigenvalue weighted by Crippen LogP contribution is -1.96. The minimum atomic E-state index is -0.0738. The normalized spacial score (nSPS) is 9.00. The van der Waals surface area contributed by atoms with Crippen LogP contribution in [0.3, 0.4) is 0 Å². The predicted octanol–water partition coefficient (Wildman–Crippen LogP) is 2.09. The van der Waals surface area contributed by atoms with Gasteiger partial charge in [0.25, 0.3) is 0 Å². The van der Waals surface area contributed by atoms with Gasteiger partial charge in [-0.05, 0) is 17.2 Å². The fraction of sp³-hybridized carbons (Fsp3) is 0.250. The van der Waals surface area contributed by atoms with E-state index in [0.29, 0.717) is 5.69 Å². The van der Waals surface area contributed by atoms with Crippen molar-refractivity contribution in [2.45, 2.75) is 13.5 Å². The van der Waals surface area contributed by atoms with E-state index in [2.05, 4.69) is 15.0 Å². The Morgan fingerprint density at radius 2 is 2.46 bits per heavy atom. The Morgan fingerprint density at radius 3 is 2.92 bits per heavy atom. The summed E-state index contributed by atoms with van der Waals surface area (Å²) in [6.07, 6.45) is 1.53. The van der Waals surface area contributed by atoms with Gasteiger partial charge in [0, 0.05) is 18.0 Å². The molecule has 66 valence electrons. The van der Waals surface area contributed by atoms with Gasteiger partial charge in [-0.2, -0.15) is 0 Å². The van der Waals surface area contributed by atoms with Crippen LogP contribution >= 0.6 is 0 Å². The van der Waals surface area contributed by atoms with Crippen molar-refractivity contribution < 1.29 is 4.79 Å². The minimum Gasteiger partial charge on any atom is -0.293 e. The summed E-state index contributed by atoms with van der Waals surface area (Å²) in [5, 5.41) is 3.37. The summed E-state index contributed by atoms with van der Waals surface area (Å²) < 4.78 is 0. The number of carbonyl (C=O) groups is 1.